The summed E-state index contributed by atoms with van der Waals surface area (Å²) in [5.74, 6) is 1.42. The first-order chi connectivity index (χ1) is 1.89. The molecule has 0 bridgehead atoms. The first-order valence-corrected chi connectivity index (χ1v) is 6.03. The zero-order valence-electron chi connectivity index (χ0n) is 2.10. The molecule has 1 rings (SSSR count). The molecule has 0 aromatic rings. The quantitative estimate of drug-likeness (QED) is 0.357. The van der Waals surface area contributed by atoms with Crippen LogP contribution in [0, 0.1) is 0 Å². The van der Waals surface area contributed by atoms with Crippen molar-refractivity contribution in [2.45, 2.75) is 0 Å². The van der Waals surface area contributed by atoms with Crippen molar-refractivity contribution in [1.82, 2.24) is 0 Å². The van der Waals surface area contributed by atoms with E-state index in [1.807, 2.05) is 0 Å². The maximum Gasteiger partial charge on any atom is 0.0195 e. The van der Waals surface area contributed by atoms with E-state index in [1.54, 1.807) is 7.87 Å². The first-order valence-electron chi connectivity index (χ1n) is 1.12. The summed E-state index contributed by atoms with van der Waals surface area (Å²) < 4.78 is 0. The van der Waals surface area contributed by atoms with E-state index in [2.05, 4.69) is 12.2 Å². The molecular weight excluding hydrogens is 106 g/mol. The van der Waals surface area contributed by atoms with Gasteiger partial charge < -0.3 is 0 Å². The van der Waals surface area contributed by atoms with Gasteiger partial charge in [0.1, 0.15) is 0 Å². The summed E-state index contributed by atoms with van der Waals surface area (Å²) in [4.78, 5) is 0. The van der Waals surface area contributed by atoms with Crippen molar-refractivity contribution in [2.75, 3.05) is 5.90 Å². The van der Waals surface area contributed by atoms with E-state index in [9.17, 15) is 0 Å². The fraction of sp³-hybridized carbons (Fsp3) is 1.00. The van der Waals surface area contributed by atoms with E-state index >= 15 is 0 Å². The minimum atomic E-state index is 0.0370. The van der Waals surface area contributed by atoms with Gasteiger partial charge in [-0.05, 0) is 6.41 Å². The average Bonchev–Trinajstić information content (AvgIpc) is 1.75. The van der Waals surface area contributed by atoms with Crippen molar-refractivity contribution < 1.29 is 0 Å². The van der Waals surface area contributed by atoms with Gasteiger partial charge in [0.15, 0.2) is 0 Å². The van der Waals surface area contributed by atoms with Gasteiger partial charge in [-0.15, -0.1) is 0 Å². The van der Waals surface area contributed by atoms with Crippen molar-refractivity contribution in [3.8, 4) is 0 Å². The number of hydrogen-bond acceptors (Lipinski definition) is 0. The van der Waals surface area contributed by atoms with Crippen LogP contribution in [0.15, 0.2) is 0 Å². The highest BCUT2D eigenvalue weighted by molar-refractivity contribution is 8.60. The molecule has 0 aromatic heterocycles. The molecule has 0 N–H and O–H groups in total. The zero-order valence-corrected chi connectivity index (χ0v) is 4.89. The van der Waals surface area contributed by atoms with Crippen molar-refractivity contribution in [2.24, 2.45) is 0 Å². The molecule has 4 heavy (non-hydrogen) atoms. The van der Waals surface area contributed by atoms with Crippen molar-refractivity contribution >= 4 is 26.5 Å². The summed E-state index contributed by atoms with van der Waals surface area (Å²) in [5, 5.41) is 0. The second kappa shape index (κ2) is 1.05. The normalized spacial score (nSPS) is 41.8. The molecular formula is CH4P2S. The van der Waals surface area contributed by atoms with Gasteiger partial charge in [-0.1, -0.05) is 7.87 Å². The predicted molar refractivity (Wildman–Crippen MR) is 29.1 cm³/mol. The molecule has 0 aliphatic carbocycles. The second-order valence-corrected chi connectivity index (χ2v) is 8.39. The van der Waals surface area contributed by atoms with Gasteiger partial charge in [-0.25, -0.2) is 0 Å². The predicted octanol–water partition coefficient (Wildman–Crippen LogP) is 1.88. The maximum atomic E-state index is 4.17. The number of thiol groups is 1. The fourth-order valence-corrected chi connectivity index (χ4v) is 2.86. The minimum absolute atomic E-state index is 0.0370. The molecule has 0 nitrogen and oxygen atoms in total. The SMILES string of the molecule is S[PH]1=PC1. The molecule has 3 heteroatoms. The van der Waals surface area contributed by atoms with Gasteiger partial charge in [-0.3, -0.25) is 0 Å². The Morgan fingerprint density at radius 2 is 2.25 bits per heavy atom. The lowest BCUT2D eigenvalue weighted by Gasteiger charge is -1.47. The summed E-state index contributed by atoms with van der Waals surface area (Å²) in [5.41, 5.74) is 0. The van der Waals surface area contributed by atoms with E-state index in [0.717, 1.165) is 0 Å². The molecule has 0 radical (unpaired) electrons. The Bertz CT molecular complexity index is 57.1. The highest BCUT2D eigenvalue weighted by Crippen LogP contribution is 2.58. The molecule has 1 aliphatic heterocycles. The fourth-order valence-electron chi connectivity index (χ4n) is 0.0354. The van der Waals surface area contributed by atoms with Gasteiger partial charge in [0.25, 0.3) is 0 Å². The summed E-state index contributed by atoms with van der Waals surface area (Å²) >= 11 is 4.17. The van der Waals surface area contributed by atoms with E-state index in [-0.39, 0.29) is 6.41 Å². The zero-order chi connectivity index (χ0) is 2.99. The van der Waals surface area contributed by atoms with Crippen LogP contribution in [0.2, 0.25) is 0 Å². The Hall–Kier alpha value is 1.08. The van der Waals surface area contributed by atoms with Crippen molar-refractivity contribution in [3.63, 3.8) is 0 Å². The lowest BCUT2D eigenvalue weighted by molar-refractivity contribution is 2.37. The monoisotopic (exact) mass is 110 g/mol. The van der Waals surface area contributed by atoms with Gasteiger partial charge in [0, 0.05) is 5.90 Å². The third-order valence-electron chi connectivity index (χ3n) is 0.300. The third-order valence-corrected chi connectivity index (χ3v) is 5.24. The Kier molecular flexibility index (Phi) is 0.858. The van der Waals surface area contributed by atoms with E-state index in [0.29, 0.717) is 0 Å². The molecule has 0 saturated carbocycles. The lowest BCUT2D eigenvalue weighted by atomic mass is 11.9. The molecule has 0 amide bonds. The molecule has 0 aromatic carbocycles. The molecule has 1 heterocycles. The van der Waals surface area contributed by atoms with Gasteiger partial charge in [-0.2, -0.15) is 12.2 Å². The highest BCUT2D eigenvalue weighted by Gasteiger charge is 1.95. The third kappa shape index (κ3) is 0.800. The smallest absolute Gasteiger partial charge is 0.0195 e. The molecule has 1 atom stereocenters. The van der Waals surface area contributed by atoms with E-state index in [1.165, 1.54) is 5.90 Å². The van der Waals surface area contributed by atoms with Crippen LogP contribution in [0.3, 0.4) is 0 Å². The molecule has 0 spiro atoms. The molecule has 24 valence electrons. The van der Waals surface area contributed by atoms with Crippen LogP contribution in [0.4, 0.5) is 0 Å². The van der Waals surface area contributed by atoms with Crippen LogP contribution < -0.4 is 0 Å². The molecule has 0 fully saturated rings. The number of hydrogen-bond donors (Lipinski definition) is 1. The summed E-state index contributed by atoms with van der Waals surface area (Å²) in [6.07, 6.45) is 0.0370. The summed E-state index contributed by atoms with van der Waals surface area (Å²) in [6, 6.07) is 0. The number of rotatable bonds is 0. The second-order valence-electron chi connectivity index (χ2n) is 0.732. The Labute approximate surface area is 33.1 Å². The average molecular weight is 110 g/mol. The van der Waals surface area contributed by atoms with Gasteiger partial charge in [0.05, 0.1) is 0 Å². The van der Waals surface area contributed by atoms with E-state index in [4.69, 9.17) is 0 Å². The van der Waals surface area contributed by atoms with Gasteiger partial charge in [0.2, 0.25) is 0 Å². The highest BCUT2D eigenvalue weighted by atomic mass is 32.8. The molecule has 1 aliphatic rings. The Balaban J connectivity index is 2.54. The molecule has 0 saturated heterocycles. The summed E-state index contributed by atoms with van der Waals surface area (Å²) in [6.45, 7) is 0. The topological polar surface area (TPSA) is 0 Å². The minimum Gasteiger partial charge on any atom is -0.150 e. The van der Waals surface area contributed by atoms with Crippen LogP contribution in [0.25, 0.3) is 0 Å². The van der Waals surface area contributed by atoms with Crippen LogP contribution in [0.1, 0.15) is 0 Å². The Morgan fingerprint density at radius 1 is 2.00 bits per heavy atom. The van der Waals surface area contributed by atoms with Crippen molar-refractivity contribution in [3.05, 3.63) is 0 Å². The first kappa shape index (κ1) is 3.28. The van der Waals surface area contributed by atoms with Crippen LogP contribution in [0.5, 0.6) is 0 Å². The van der Waals surface area contributed by atoms with Gasteiger partial charge >= 0.3 is 0 Å². The van der Waals surface area contributed by atoms with Crippen molar-refractivity contribution in [1.29, 1.82) is 0 Å². The van der Waals surface area contributed by atoms with Crippen LogP contribution >= 0.6 is 26.5 Å². The van der Waals surface area contributed by atoms with Crippen LogP contribution in [-0.4, -0.2) is 5.90 Å². The van der Waals surface area contributed by atoms with Crippen LogP contribution in [-0.2, 0) is 0 Å². The van der Waals surface area contributed by atoms with E-state index < -0.39 is 0 Å². The lowest BCUT2D eigenvalue weighted by Crippen LogP contribution is -1.08. The summed E-state index contributed by atoms with van der Waals surface area (Å²) in [7, 11) is 1.63. The largest absolute Gasteiger partial charge is 0.150 e. The molecule has 1 unspecified atom stereocenters. The standard InChI is InChI=1S/CH4P2S/c4-3-1-2-3/h3-4H,1H2. The maximum absolute atomic E-state index is 4.17. The Morgan fingerprint density at radius 3 is 2.25 bits per heavy atom.